The zero-order valence-corrected chi connectivity index (χ0v) is 9.51. The largest absolute Gasteiger partial charge is 0.375 e. The van der Waals surface area contributed by atoms with Crippen molar-refractivity contribution in [2.75, 3.05) is 19.7 Å². The van der Waals surface area contributed by atoms with E-state index in [1.165, 1.54) is 6.42 Å². The first-order valence-electron chi connectivity index (χ1n) is 5.61. The van der Waals surface area contributed by atoms with Gasteiger partial charge in [-0.25, -0.2) is 0 Å². The van der Waals surface area contributed by atoms with Gasteiger partial charge in [-0.1, -0.05) is 13.8 Å². The molecule has 2 aliphatic heterocycles. The average Bonchev–Trinajstić information content (AvgIpc) is 2.19. The number of rotatable bonds is 0. The molecule has 2 fully saturated rings. The molecule has 1 amide bonds. The molecule has 14 heavy (non-hydrogen) atoms. The highest BCUT2D eigenvalue weighted by molar-refractivity contribution is 5.73. The van der Waals surface area contributed by atoms with Gasteiger partial charge in [0, 0.05) is 20.0 Å². The van der Waals surface area contributed by atoms with Crippen molar-refractivity contribution >= 4 is 5.91 Å². The minimum atomic E-state index is 0.173. The molecule has 0 aliphatic carbocycles. The lowest BCUT2D eigenvalue weighted by molar-refractivity contribution is -0.175. The Bertz CT molecular complexity index is 189. The first-order chi connectivity index (χ1) is 6.72. The maximum Gasteiger partial charge on any atom is 0.219 e. The third-order valence-electron chi connectivity index (χ3n) is 3.09. The van der Waals surface area contributed by atoms with E-state index in [0.717, 1.165) is 32.5 Å². The van der Waals surface area contributed by atoms with E-state index in [2.05, 4.69) is 0 Å². The molecule has 3 heteroatoms. The van der Waals surface area contributed by atoms with Gasteiger partial charge >= 0.3 is 0 Å². The Morgan fingerprint density at radius 1 is 1.21 bits per heavy atom. The zero-order valence-electron chi connectivity index (χ0n) is 9.51. The molecule has 0 aromatic heterocycles. The van der Waals surface area contributed by atoms with Crippen LogP contribution in [0.15, 0.2) is 0 Å². The Morgan fingerprint density at radius 2 is 1.71 bits per heavy atom. The molecule has 0 radical (unpaired) electrons. The number of hydrogen-bond donors (Lipinski definition) is 0. The highest BCUT2D eigenvalue weighted by Gasteiger charge is 2.41. The molecule has 0 saturated carbocycles. The number of carbonyl (C=O) groups is 1. The standard InChI is InChI=1S/C9H15NO2.C2H6/c1-8(11)10-5-2-9(3-6-10)4-7-12-9;1-2/h2-7H2,1H3;1-2H3. The van der Waals surface area contributed by atoms with Gasteiger partial charge < -0.3 is 9.64 Å². The van der Waals surface area contributed by atoms with E-state index >= 15 is 0 Å². The number of amides is 1. The van der Waals surface area contributed by atoms with Crippen molar-refractivity contribution in [1.29, 1.82) is 0 Å². The fourth-order valence-electron chi connectivity index (χ4n) is 2.01. The lowest BCUT2D eigenvalue weighted by atomic mass is 9.84. The van der Waals surface area contributed by atoms with E-state index in [9.17, 15) is 4.79 Å². The van der Waals surface area contributed by atoms with E-state index < -0.39 is 0 Å². The van der Waals surface area contributed by atoms with Gasteiger partial charge in [0.25, 0.3) is 0 Å². The zero-order chi connectivity index (χ0) is 10.6. The Kier molecular flexibility index (Phi) is 3.93. The highest BCUT2D eigenvalue weighted by atomic mass is 16.5. The van der Waals surface area contributed by atoms with Crippen LogP contribution in [0.2, 0.25) is 0 Å². The van der Waals surface area contributed by atoms with Crippen molar-refractivity contribution < 1.29 is 9.53 Å². The van der Waals surface area contributed by atoms with Crippen LogP contribution in [0.3, 0.4) is 0 Å². The Labute approximate surface area is 86.4 Å². The summed E-state index contributed by atoms with van der Waals surface area (Å²) in [4.78, 5) is 12.9. The molecule has 3 nitrogen and oxygen atoms in total. The van der Waals surface area contributed by atoms with Crippen LogP contribution in [0.25, 0.3) is 0 Å². The van der Waals surface area contributed by atoms with Crippen LogP contribution in [0.5, 0.6) is 0 Å². The maximum absolute atomic E-state index is 11.0. The van der Waals surface area contributed by atoms with Crippen LogP contribution in [0, 0.1) is 0 Å². The van der Waals surface area contributed by atoms with Crippen molar-refractivity contribution in [1.82, 2.24) is 4.90 Å². The predicted molar refractivity (Wildman–Crippen MR) is 56.1 cm³/mol. The third-order valence-corrected chi connectivity index (χ3v) is 3.09. The van der Waals surface area contributed by atoms with E-state index in [-0.39, 0.29) is 11.5 Å². The van der Waals surface area contributed by atoms with Crippen molar-refractivity contribution in [3.63, 3.8) is 0 Å². The molecule has 2 rings (SSSR count). The molecule has 2 saturated heterocycles. The Morgan fingerprint density at radius 3 is 2.00 bits per heavy atom. The van der Waals surface area contributed by atoms with Crippen LogP contribution in [-0.2, 0) is 9.53 Å². The topological polar surface area (TPSA) is 29.5 Å². The van der Waals surface area contributed by atoms with Gasteiger partial charge in [-0.15, -0.1) is 0 Å². The minimum absolute atomic E-state index is 0.173. The summed E-state index contributed by atoms with van der Waals surface area (Å²) >= 11 is 0. The lowest BCUT2D eigenvalue weighted by Crippen LogP contribution is -2.53. The van der Waals surface area contributed by atoms with Crippen molar-refractivity contribution in [3.8, 4) is 0 Å². The molecule has 82 valence electrons. The second-order valence-corrected chi connectivity index (χ2v) is 3.79. The number of likely N-dealkylation sites (tertiary alicyclic amines) is 1. The summed E-state index contributed by atoms with van der Waals surface area (Å²) in [5, 5.41) is 0. The van der Waals surface area contributed by atoms with Gasteiger partial charge in [0.15, 0.2) is 0 Å². The molecule has 1 spiro atoms. The molecule has 0 bridgehead atoms. The summed E-state index contributed by atoms with van der Waals surface area (Å²) in [6, 6.07) is 0. The Balaban J connectivity index is 0.000000461. The molecular formula is C11H21NO2. The average molecular weight is 199 g/mol. The first kappa shape index (κ1) is 11.5. The molecule has 2 heterocycles. The van der Waals surface area contributed by atoms with Gasteiger partial charge in [0.05, 0.1) is 12.2 Å². The van der Waals surface area contributed by atoms with Crippen LogP contribution in [0.4, 0.5) is 0 Å². The van der Waals surface area contributed by atoms with E-state index in [1.54, 1.807) is 6.92 Å². The lowest BCUT2D eigenvalue weighted by Gasteiger charge is -2.47. The van der Waals surface area contributed by atoms with Gasteiger partial charge in [-0.2, -0.15) is 0 Å². The molecular weight excluding hydrogens is 178 g/mol. The molecule has 0 aromatic carbocycles. The van der Waals surface area contributed by atoms with E-state index in [4.69, 9.17) is 4.74 Å². The fourth-order valence-corrected chi connectivity index (χ4v) is 2.01. The van der Waals surface area contributed by atoms with Crippen LogP contribution >= 0.6 is 0 Å². The number of piperidine rings is 1. The summed E-state index contributed by atoms with van der Waals surface area (Å²) in [6.07, 6.45) is 3.26. The van der Waals surface area contributed by atoms with Crippen molar-refractivity contribution in [2.24, 2.45) is 0 Å². The van der Waals surface area contributed by atoms with Gasteiger partial charge in [0.1, 0.15) is 0 Å². The second kappa shape index (κ2) is 4.78. The van der Waals surface area contributed by atoms with Crippen molar-refractivity contribution in [2.45, 2.75) is 45.6 Å². The maximum atomic E-state index is 11.0. The van der Waals surface area contributed by atoms with Gasteiger partial charge in [-0.3, -0.25) is 4.79 Å². The van der Waals surface area contributed by atoms with Gasteiger partial charge in [0.2, 0.25) is 5.91 Å². The number of nitrogens with zero attached hydrogens (tertiary/aromatic N) is 1. The third kappa shape index (κ3) is 2.27. The normalized spacial score (nSPS) is 23.5. The monoisotopic (exact) mass is 199 g/mol. The molecule has 0 atom stereocenters. The molecule has 0 N–H and O–H groups in total. The Hall–Kier alpha value is -0.570. The van der Waals surface area contributed by atoms with Crippen LogP contribution in [-0.4, -0.2) is 36.1 Å². The molecule has 2 aliphatic rings. The summed E-state index contributed by atoms with van der Waals surface area (Å²) in [5.41, 5.74) is 0.173. The number of ether oxygens (including phenoxy) is 1. The fraction of sp³-hybridized carbons (Fsp3) is 0.909. The van der Waals surface area contributed by atoms with Crippen LogP contribution < -0.4 is 0 Å². The van der Waals surface area contributed by atoms with E-state index in [0.29, 0.717) is 0 Å². The number of carbonyl (C=O) groups excluding carboxylic acids is 1. The number of hydrogen-bond acceptors (Lipinski definition) is 2. The minimum Gasteiger partial charge on any atom is -0.375 e. The predicted octanol–water partition coefficient (Wildman–Crippen LogP) is 1.81. The summed E-state index contributed by atoms with van der Waals surface area (Å²) in [5.74, 6) is 0.198. The second-order valence-electron chi connectivity index (χ2n) is 3.79. The quantitative estimate of drug-likeness (QED) is 0.595. The molecule has 0 aromatic rings. The summed E-state index contributed by atoms with van der Waals surface area (Å²) in [7, 11) is 0. The summed E-state index contributed by atoms with van der Waals surface area (Å²) in [6.45, 7) is 8.32. The van der Waals surface area contributed by atoms with E-state index in [1.807, 2.05) is 18.7 Å². The highest BCUT2D eigenvalue weighted by Crippen LogP contribution is 2.36. The van der Waals surface area contributed by atoms with Crippen LogP contribution in [0.1, 0.15) is 40.0 Å². The smallest absolute Gasteiger partial charge is 0.219 e. The first-order valence-corrected chi connectivity index (χ1v) is 5.61. The molecule has 0 unspecified atom stereocenters. The van der Waals surface area contributed by atoms with Crippen molar-refractivity contribution in [3.05, 3.63) is 0 Å². The SMILES string of the molecule is CC.CC(=O)N1CCC2(CCO2)CC1. The van der Waals surface area contributed by atoms with Gasteiger partial charge in [-0.05, 0) is 19.3 Å². The summed E-state index contributed by atoms with van der Waals surface area (Å²) < 4.78 is 5.55.